The summed E-state index contributed by atoms with van der Waals surface area (Å²) in [5, 5.41) is 5.25. The molecule has 0 atom stereocenters. The summed E-state index contributed by atoms with van der Waals surface area (Å²) >= 11 is 3.22. The van der Waals surface area contributed by atoms with Crippen LogP contribution in [0.2, 0.25) is 0 Å². The zero-order valence-electron chi connectivity index (χ0n) is 13.8. The predicted octanol–water partition coefficient (Wildman–Crippen LogP) is 5.05. The van der Waals surface area contributed by atoms with Crippen LogP contribution in [0.15, 0.2) is 46.9 Å². The minimum Gasteiger partial charge on any atom is -0.449 e. The number of benzene rings is 2. The Bertz CT molecular complexity index is 781. The average molecular weight is 409 g/mol. The van der Waals surface area contributed by atoms with Gasteiger partial charge in [-0.05, 0) is 58.2 Å². The van der Waals surface area contributed by atoms with E-state index in [1.807, 2.05) is 13.8 Å². The Balaban J connectivity index is 2.04. The van der Waals surface area contributed by atoms with E-state index >= 15 is 0 Å². The molecule has 7 heteroatoms. The van der Waals surface area contributed by atoms with Gasteiger partial charge in [0.15, 0.2) is 0 Å². The second-order valence-electron chi connectivity index (χ2n) is 5.78. The van der Waals surface area contributed by atoms with Crippen molar-refractivity contribution in [1.29, 1.82) is 0 Å². The molecule has 2 rings (SSSR count). The number of halogens is 2. The standard InChI is InChI=1S/C18H18BrFN2O3/c1-11(2)10-25-18(24)22-14-5-3-4-13(9-14)21-17(23)15-8-12(20)6-7-16(15)19/h3-9,11H,10H2,1-2H3,(H,21,23)(H,22,24). The largest absolute Gasteiger partial charge is 0.449 e. The first-order valence-corrected chi connectivity index (χ1v) is 8.44. The molecule has 0 heterocycles. The summed E-state index contributed by atoms with van der Waals surface area (Å²) in [7, 11) is 0. The summed E-state index contributed by atoms with van der Waals surface area (Å²) in [6.45, 7) is 4.19. The zero-order chi connectivity index (χ0) is 18.4. The molecule has 0 aliphatic heterocycles. The van der Waals surface area contributed by atoms with Crippen LogP contribution in [0, 0.1) is 11.7 Å². The van der Waals surface area contributed by atoms with Crippen LogP contribution in [0.3, 0.4) is 0 Å². The van der Waals surface area contributed by atoms with Crippen molar-refractivity contribution in [1.82, 2.24) is 0 Å². The molecule has 5 nitrogen and oxygen atoms in total. The SMILES string of the molecule is CC(C)COC(=O)Nc1cccc(NC(=O)c2cc(F)ccc2Br)c1. The summed E-state index contributed by atoms with van der Waals surface area (Å²) in [5.74, 6) is -0.733. The monoisotopic (exact) mass is 408 g/mol. The molecular weight excluding hydrogens is 391 g/mol. The lowest BCUT2D eigenvalue weighted by Gasteiger charge is -2.11. The second kappa shape index (κ2) is 8.62. The maximum absolute atomic E-state index is 13.3. The Morgan fingerprint density at radius 2 is 1.80 bits per heavy atom. The number of hydrogen-bond acceptors (Lipinski definition) is 3. The highest BCUT2D eigenvalue weighted by Crippen LogP contribution is 2.21. The molecule has 2 N–H and O–H groups in total. The highest BCUT2D eigenvalue weighted by Gasteiger charge is 2.12. The van der Waals surface area contributed by atoms with Crippen LogP contribution < -0.4 is 10.6 Å². The molecule has 2 aromatic carbocycles. The number of anilines is 2. The van der Waals surface area contributed by atoms with E-state index in [0.717, 1.165) is 6.07 Å². The molecule has 0 bridgehead atoms. The van der Waals surface area contributed by atoms with Crippen LogP contribution in [0.4, 0.5) is 20.6 Å². The first-order valence-electron chi connectivity index (χ1n) is 7.65. The van der Waals surface area contributed by atoms with E-state index in [0.29, 0.717) is 22.5 Å². The number of rotatable bonds is 5. The molecule has 0 aliphatic carbocycles. The highest BCUT2D eigenvalue weighted by atomic mass is 79.9. The van der Waals surface area contributed by atoms with Crippen molar-refractivity contribution in [2.24, 2.45) is 5.92 Å². The van der Waals surface area contributed by atoms with Crippen molar-refractivity contribution in [3.05, 3.63) is 58.3 Å². The number of ether oxygens (including phenoxy) is 1. The normalized spacial score (nSPS) is 10.4. The summed E-state index contributed by atoms with van der Waals surface area (Å²) < 4.78 is 18.8. The zero-order valence-corrected chi connectivity index (χ0v) is 15.4. The third-order valence-corrected chi connectivity index (χ3v) is 3.78. The van der Waals surface area contributed by atoms with E-state index in [2.05, 4.69) is 26.6 Å². The lowest BCUT2D eigenvalue weighted by atomic mass is 10.2. The van der Waals surface area contributed by atoms with Gasteiger partial charge in [0.1, 0.15) is 5.82 Å². The van der Waals surface area contributed by atoms with Crippen LogP contribution in [-0.2, 0) is 4.74 Å². The molecule has 0 saturated heterocycles. The number of carbonyl (C=O) groups excluding carboxylic acids is 2. The third-order valence-electron chi connectivity index (χ3n) is 3.09. The first kappa shape index (κ1) is 18.9. The molecule has 0 unspecified atom stereocenters. The van der Waals surface area contributed by atoms with Crippen molar-refractivity contribution >= 4 is 39.3 Å². The molecule has 2 aromatic rings. The second-order valence-corrected chi connectivity index (χ2v) is 6.63. The minimum atomic E-state index is -0.565. The van der Waals surface area contributed by atoms with Crippen molar-refractivity contribution in [2.45, 2.75) is 13.8 Å². The van der Waals surface area contributed by atoms with Gasteiger partial charge in [0.05, 0.1) is 12.2 Å². The van der Waals surface area contributed by atoms with Gasteiger partial charge in [0.25, 0.3) is 5.91 Å². The quantitative estimate of drug-likeness (QED) is 0.727. The van der Waals surface area contributed by atoms with Crippen LogP contribution in [0.25, 0.3) is 0 Å². The van der Waals surface area contributed by atoms with E-state index in [-0.39, 0.29) is 11.5 Å². The number of nitrogens with one attached hydrogen (secondary N) is 2. The van der Waals surface area contributed by atoms with Gasteiger partial charge in [-0.15, -0.1) is 0 Å². The Morgan fingerprint density at radius 3 is 2.48 bits per heavy atom. The van der Waals surface area contributed by atoms with Crippen molar-refractivity contribution in [3.8, 4) is 0 Å². The Labute approximate surface area is 153 Å². The first-order chi connectivity index (χ1) is 11.8. The minimum absolute atomic E-state index is 0.176. The molecule has 0 aliphatic rings. The van der Waals surface area contributed by atoms with Crippen LogP contribution in [0.5, 0.6) is 0 Å². The van der Waals surface area contributed by atoms with Crippen molar-refractivity contribution < 1.29 is 18.7 Å². The van der Waals surface area contributed by atoms with Gasteiger partial charge in [-0.2, -0.15) is 0 Å². The topological polar surface area (TPSA) is 67.4 Å². The van der Waals surface area contributed by atoms with Gasteiger partial charge in [-0.25, -0.2) is 9.18 Å². The van der Waals surface area contributed by atoms with E-state index in [9.17, 15) is 14.0 Å². The van der Waals surface area contributed by atoms with Crippen molar-refractivity contribution in [2.75, 3.05) is 17.2 Å². The Morgan fingerprint density at radius 1 is 1.12 bits per heavy atom. The van der Waals surface area contributed by atoms with E-state index in [4.69, 9.17) is 4.74 Å². The lowest BCUT2D eigenvalue weighted by Crippen LogP contribution is -2.17. The fraction of sp³-hybridized carbons (Fsp3) is 0.222. The van der Waals surface area contributed by atoms with Gasteiger partial charge >= 0.3 is 6.09 Å². The van der Waals surface area contributed by atoms with Gasteiger partial charge in [-0.1, -0.05) is 19.9 Å². The molecule has 0 spiro atoms. The van der Waals surface area contributed by atoms with E-state index < -0.39 is 17.8 Å². The maximum Gasteiger partial charge on any atom is 0.411 e. The number of hydrogen-bond donors (Lipinski definition) is 2. The molecule has 132 valence electrons. The van der Waals surface area contributed by atoms with Crippen LogP contribution >= 0.6 is 15.9 Å². The smallest absolute Gasteiger partial charge is 0.411 e. The lowest BCUT2D eigenvalue weighted by molar-refractivity contribution is 0.102. The molecule has 25 heavy (non-hydrogen) atoms. The molecule has 0 aromatic heterocycles. The van der Waals surface area contributed by atoms with Crippen LogP contribution in [-0.4, -0.2) is 18.6 Å². The van der Waals surface area contributed by atoms with E-state index in [1.54, 1.807) is 24.3 Å². The average Bonchev–Trinajstić information content (AvgIpc) is 2.55. The summed E-state index contributed by atoms with van der Waals surface area (Å²) in [6.07, 6.45) is -0.565. The summed E-state index contributed by atoms with van der Waals surface area (Å²) in [4.78, 5) is 24.0. The molecular formula is C18H18BrFN2O3. The maximum atomic E-state index is 13.3. The predicted molar refractivity (Wildman–Crippen MR) is 98.3 cm³/mol. The van der Waals surface area contributed by atoms with Gasteiger partial charge in [-0.3, -0.25) is 10.1 Å². The van der Waals surface area contributed by atoms with E-state index in [1.165, 1.54) is 12.1 Å². The summed E-state index contributed by atoms with van der Waals surface area (Å²) in [5.41, 5.74) is 1.11. The summed E-state index contributed by atoms with van der Waals surface area (Å²) in [6, 6.07) is 10.5. The highest BCUT2D eigenvalue weighted by molar-refractivity contribution is 9.10. The third kappa shape index (κ3) is 5.86. The van der Waals surface area contributed by atoms with Crippen molar-refractivity contribution in [3.63, 3.8) is 0 Å². The number of carbonyl (C=O) groups is 2. The Kier molecular flexibility index (Phi) is 6.52. The molecule has 0 radical (unpaired) electrons. The fourth-order valence-corrected chi connectivity index (χ4v) is 2.37. The molecule has 0 saturated carbocycles. The Hall–Kier alpha value is -2.41. The fourth-order valence-electron chi connectivity index (χ4n) is 1.94. The molecule has 0 fully saturated rings. The van der Waals surface area contributed by atoms with Gasteiger partial charge in [0.2, 0.25) is 0 Å². The number of amides is 2. The van der Waals surface area contributed by atoms with Crippen LogP contribution in [0.1, 0.15) is 24.2 Å². The van der Waals surface area contributed by atoms with Gasteiger partial charge in [0, 0.05) is 15.8 Å². The molecule has 2 amide bonds. The van der Waals surface area contributed by atoms with Gasteiger partial charge < -0.3 is 10.1 Å².